The number of amides is 1. The molecule has 1 fully saturated rings. The number of anilines is 1. The molecule has 1 aliphatic rings. The predicted molar refractivity (Wildman–Crippen MR) is 80.9 cm³/mol. The molecule has 2 aromatic rings. The Morgan fingerprint density at radius 2 is 1.48 bits per heavy atom. The van der Waals surface area contributed by atoms with Crippen LogP contribution in [0.1, 0.15) is 10.4 Å². The maximum Gasteiger partial charge on any atom is 0.254 e. The van der Waals surface area contributed by atoms with Crippen LogP contribution in [-0.2, 0) is 0 Å². The SMILES string of the molecule is O=C(c1cccc(F)c1)N1CCN(c2c(F)cccc2F)CC1. The van der Waals surface area contributed by atoms with Crippen molar-refractivity contribution in [3.05, 3.63) is 65.5 Å². The molecule has 0 N–H and O–H groups in total. The average molecular weight is 320 g/mol. The topological polar surface area (TPSA) is 23.6 Å². The minimum atomic E-state index is -0.616. The van der Waals surface area contributed by atoms with Crippen LogP contribution < -0.4 is 4.90 Å². The largest absolute Gasteiger partial charge is 0.363 e. The molecule has 0 radical (unpaired) electrons. The highest BCUT2D eigenvalue weighted by Crippen LogP contribution is 2.24. The summed E-state index contributed by atoms with van der Waals surface area (Å²) in [5.41, 5.74) is 0.209. The van der Waals surface area contributed by atoms with Crippen molar-refractivity contribution in [2.75, 3.05) is 31.1 Å². The molecule has 1 amide bonds. The van der Waals surface area contributed by atoms with Crippen LogP contribution in [0, 0.1) is 17.5 Å². The van der Waals surface area contributed by atoms with Gasteiger partial charge in [-0.1, -0.05) is 12.1 Å². The van der Waals surface area contributed by atoms with Crippen LogP contribution >= 0.6 is 0 Å². The zero-order valence-corrected chi connectivity index (χ0v) is 12.3. The van der Waals surface area contributed by atoms with Crippen LogP contribution in [0.3, 0.4) is 0 Å². The lowest BCUT2D eigenvalue weighted by molar-refractivity contribution is 0.0746. The van der Waals surface area contributed by atoms with Gasteiger partial charge in [0.05, 0.1) is 0 Å². The van der Waals surface area contributed by atoms with E-state index in [2.05, 4.69) is 0 Å². The number of hydrogen-bond acceptors (Lipinski definition) is 2. The lowest BCUT2D eigenvalue weighted by Gasteiger charge is -2.36. The fourth-order valence-electron chi connectivity index (χ4n) is 2.73. The molecule has 3 nitrogen and oxygen atoms in total. The van der Waals surface area contributed by atoms with E-state index in [1.807, 2.05) is 0 Å². The Hall–Kier alpha value is -2.50. The molecular weight excluding hydrogens is 305 g/mol. The monoisotopic (exact) mass is 320 g/mol. The molecule has 0 unspecified atom stereocenters. The number of nitrogens with zero attached hydrogens (tertiary/aromatic N) is 2. The van der Waals surface area contributed by atoms with Gasteiger partial charge in [-0.25, -0.2) is 13.2 Å². The summed E-state index contributed by atoms with van der Waals surface area (Å²) in [4.78, 5) is 15.5. The summed E-state index contributed by atoms with van der Waals surface area (Å²) in [6.45, 7) is 1.28. The molecule has 0 atom stereocenters. The summed E-state index contributed by atoms with van der Waals surface area (Å²) in [7, 11) is 0. The second-order valence-electron chi connectivity index (χ2n) is 5.36. The fourth-order valence-corrected chi connectivity index (χ4v) is 2.73. The first kappa shape index (κ1) is 15.4. The quantitative estimate of drug-likeness (QED) is 0.849. The average Bonchev–Trinajstić information content (AvgIpc) is 2.55. The van der Waals surface area contributed by atoms with E-state index in [4.69, 9.17) is 0 Å². The van der Waals surface area contributed by atoms with Crippen molar-refractivity contribution in [1.29, 1.82) is 0 Å². The first-order chi connectivity index (χ1) is 11.1. The summed E-state index contributed by atoms with van der Waals surface area (Å²) in [5.74, 6) is -1.98. The summed E-state index contributed by atoms with van der Waals surface area (Å²) in [6.07, 6.45) is 0. The van der Waals surface area contributed by atoms with Gasteiger partial charge in [-0.2, -0.15) is 0 Å². The molecule has 0 bridgehead atoms. The Bertz CT molecular complexity index is 707. The minimum Gasteiger partial charge on any atom is -0.363 e. The van der Waals surface area contributed by atoms with Gasteiger partial charge in [0.15, 0.2) is 0 Å². The first-order valence-corrected chi connectivity index (χ1v) is 7.30. The zero-order chi connectivity index (χ0) is 16.4. The highest BCUT2D eigenvalue weighted by molar-refractivity contribution is 5.94. The van der Waals surface area contributed by atoms with Gasteiger partial charge in [-0.05, 0) is 30.3 Å². The van der Waals surface area contributed by atoms with Crippen molar-refractivity contribution >= 4 is 11.6 Å². The van der Waals surface area contributed by atoms with Crippen molar-refractivity contribution in [3.63, 3.8) is 0 Å². The Labute approximate surface area is 131 Å². The second-order valence-corrected chi connectivity index (χ2v) is 5.36. The third kappa shape index (κ3) is 3.16. The van der Waals surface area contributed by atoms with Gasteiger partial charge < -0.3 is 9.80 Å². The summed E-state index contributed by atoms with van der Waals surface area (Å²) < 4.78 is 40.8. The summed E-state index contributed by atoms with van der Waals surface area (Å²) in [5, 5.41) is 0. The number of para-hydroxylation sites is 1. The van der Waals surface area contributed by atoms with Crippen LogP contribution in [0.25, 0.3) is 0 Å². The van der Waals surface area contributed by atoms with E-state index in [0.29, 0.717) is 26.2 Å². The van der Waals surface area contributed by atoms with Crippen molar-refractivity contribution < 1.29 is 18.0 Å². The number of carbonyl (C=O) groups is 1. The van der Waals surface area contributed by atoms with E-state index in [9.17, 15) is 18.0 Å². The molecule has 2 aromatic carbocycles. The molecule has 1 aliphatic heterocycles. The molecular formula is C17H15F3N2O. The van der Waals surface area contributed by atoms with Gasteiger partial charge >= 0.3 is 0 Å². The van der Waals surface area contributed by atoms with E-state index >= 15 is 0 Å². The molecule has 0 spiro atoms. The van der Waals surface area contributed by atoms with Crippen molar-refractivity contribution in [2.45, 2.75) is 0 Å². The molecule has 0 saturated carbocycles. The molecule has 120 valence electrons. The highest BCUT2D eigenvalue weighted by atomic mass is 19.1. The maximum atomic E-state index is 13.8. The van der Waals surface area contributed by atoms with Crippen LogP contribution in [0.15, 0.2) is 42.5 Å². The van der Waals surface area contributed by atoms with Crippen LogP contribution in [-0.4, -0.2) is 37.0 Å². The smallest absolute Gasteiger partial charge is 0.254 e. The van der Waals surface area contributed by atoms with E-state index in [0.717, 1.165) is 0 Å². The maximum absolute atomic E-state index is 13.8. The number of benzene rings is 2. The molecule has 3 rings (SSSR count). The second kappa shape index (κ2) is 6.32. The van der Waals surface area contributed by atoms with Gasteiger partial charge in [0, 0.05) is 31.7 Å². The lowest BCUT2D eigenvalue weighted by Crippen LogP contribution is -2.49. The Kier molecular flexibility index (Phi) is 4.23. The highest BCUT2D eigenvalue weighted by Gasteiger charge is 2.25. The molecule has 0 aromatic heterocycles. The van der Waals surface area contributed by atoms with Crippen molar-refractivity contribution in [1.82, 2.24) is 4.90 Å². The van der Waals surface area contributed by atoms with Gasteiger partial charge in [0.1, 0.15) is 23.1 Å². The van der Waals surface area contributed by atoms with E-state index < -0.39 is 17.5 Å². The molecule has 6 heteroatoms. The predicted octanol–water partition coefficient (Wildman–Crippen LogP) is 3.07. The zero-order valence-electron chi connectivity index (χ0n) is 12.3. The minimum absolute atomic E-state index is 0.0645. The van der Waals surface area contributed by atoms with Gasteiger partial charge in [0.2, 0.25) is 0 Å². The fraction of sp³-hybridized carbons (Fsp3) is 0.235. The van der Waals surface area contributed by atoms with E-state index in [1.165, 1.54) is 36.4 Å². The van der Waals surface area contributed by atoms with Gasteiger partial charge in [-0.15, -0.1) is 0 Å². The van der Waals surface area contributed by atoms with E-state index in [1.54, 1.807) is 15.9 Å². The van der Waals surface area contributed by atoms with Crippen molar-refractivity contribution in [3.8, 4) is 0 Å². The number of rotatable bonds is 2. The lowest BCUT2D eigenvalue weighted by atomic mass is 10.1. The molecule has 1 heterocycles. The van der Waals surface area contributed by atoms with Crippen molar-refractivity contribution in [2.24, 2.45) is 0 Å². The number of hydrogen-bond donors (Lipinski definition) is 0. The first-order valence-electron chi connectivity index (χ1n) is 7.30. The Morgan fingerprint density at radius 3 is 2.09 bits per heavy atom. The molecule has 1 saturated heterocycles. The Balaban J connectivity index is 1.70. The van der Waals surface area contributed by atoms with E-state index in [-0.39, 0.29) is 17.2 Å². The molecule has 23 heavy (non-hydrogen) atoms. The normalized spacial score (nSPS) is 14.9. The standard InChI is InChI=1S/C17H15F3N2O/c18-13-4-1-3-12(11-13)17(23)22-9-7-21(8-10-22)16-14(19)5-2-6-15(16)20/h1-6,11H,7-10H2. The number of carbonyl (C=O) groups excluding carboxylic acids is 1. The third-order valence-corrected chi connectivity index (χ3v) is 3.89. The molecule has 0 aliphatic carbocycles. The number of halogens is 3. The van der Waals surface area contributed by atoms with Gasteiger partial charge in [-0.3, -0.25) is 4.79 Å². The summed E-state index contributed by atoms with van der Waals surface area (Å²) >= 11 is 0. The Morgan fingerprint density at radius 1 is 0.870 bits per heavy atom. The summed E-state index contributed by atoms with van der Waals surface area (Å²) in [6, 6.07) is 9.23. The van der Waals surface area contributed by atoms with Crippen LogP contribution in [0.2, 0.25) is 0 Å². The van der Waals surface area contributed by atoms with Crippen LogP contribution in [0.4, 0.5) is 18.9 Å². The van der Waals surface area contributed by atoms with Crippen LogP contribution in [0.5, 0.6) is 0 Å². The number of piperazine rings is 1. The third-order valence-electron chi connectivity index (χ3n) is 3.89. The van der Waals surface area contributed by atoms with Gasteiger partial charge in [0.25, 0.3) is 5.91 Å².